The molecule has 0 aromatic carbocycles. The second kappa shape index (κ2) is 13.0. The fourth-order valence-electron chi connectivity index (χ4n) is 3.62. The van der Waals surface area contributed by atoms with Crippen molar-refractivity contribution in [2.24, 2.45) is 11.7 Å². The van der Waals surface area contributed by atoms with Gasteiger partial charge in [-0.1, -0.05) is 13.3 Å². The van der Waals surface area contributed by atoms with Crippen LogP contribution in [0.5, 0.6) is 0 Å². The molecule has 0 unspecified atom stereocenters. The van der Waals surface area contributed by atoms with E-state index >= 15 is 0 Å². The molecule has 13 heteroatoms. The third-order valence-corrected chi connectivity index (χ3v) is 5.71. The molecule has 1 heterocycles. The number of pyridine rings is 1. The van der Waals surface area contributed by atoms with Gasteiger partial charge in [0, 0.05) is 32.1 Å². The first-order chi connectivity index (χ1) is 16.4. The summed E-state index contributed by atoms with van der Waals surface area (Å²) in [4.78, 5) is 29.2. The van der Waals surface area contributed by atoms with E-state index in [4.69, 9.17) is 10.5 Å². The van der Waals surface area contributed by atoms with Gasteiger partial charge in [-0.15, -0.1) is 0 Å². The molecule has 1 saturated carbocycles. The number of ether oxygens (including phenoxy) is 1. The number of anilines is 1. The van der Waals surface area contributed by atoms with E-state index in [2.05, 4.69) is 20.9 Å². The minimum absolute atomic E-state index is 0.0389. The van der Waals surface area contributed by atoms with E-state index in [1.54, 1.807) is 6.07 Å². The number of alkyl halides is 5. The number of alkyl carbamates (subject to hydrolysis) is 1. The number of carbonyl (C=O) groups excluding carboxylic acids is 2. The third-order valence-electron chi connectivity index (χ3n) is 5.71. The molecule has 1 aromatic rings. The lowest BCUT2D eigenvalue weighted by Gasteiger charge is -2.33. The van der Waals surface area contributed by atoms with Gasteiger partial charge in [0.25, 0.3) is 0 Å². The molecule has 0 radical (unpaired) electrons. The van der Waals surface area contributed by atoms with Crippen LogP contribution >= 0.6 is 0 Å². The standard InChI is InChI=1S/C22H32F5N5O3/c1-2-3-10-35-20(34)32-18(15-4-7-21(23,24)8-5-15)19(33)31-17-11-14(6-9-30-17)12-29-13-16(28)22(25,26)27/h6,9,11,15-16,18,29H,2-5,7-8,10,12-13,28H2,1H3,(H,32,34)(H,30,31,33)/t16-,18-/m0/s1. The van der Waals surface area contributed by atoms with Crippen molar-refractivity contribution in [1.29, 1.82) is 0 Å². The van der Waals surface area contributed by atoms with Gasteiger partial charge in [0.15, 0.2) is 0 Å². The molecule has 0 saturated heterocycles. The molecule has 35 heavy (non-hydrogen) atoms. The Morgan fingerprint density at radius 3 is 2.60 bits per heavy atom. The maximum atomic E-state index is 13.6. The number of amides is 2. The molecular weight excluding hydrogens is 477 g/mol. The Morgan fingerprint density at radius 1 is 1.29 bits per heavy atom. The fourth-order valence-corrected chi connectivity index (χ4v) is 3.62. The first-order valence-electron chi connectivity index (χ1n) is 11.5. The highest BCUT2D eigenvalue weighted by Crippen LogP contribution is 2.37. The molecule has 198 valence electrons. The van der Waals surface area contributed by atoms with Gasteiger partial charge in [0.1, 0.15) is 17.9 Å². The molecule has 2 atom stereocenters. The smallest absolute Gasteiger partial charge is 0.407 e. The predicted molar refractivity (Wildman–Crippen MR) is 119 cm³/mol. The second-order valence-corrected chi connectivity index (χ2v) is 8.62. The summed E-state index contributed by atoms with van der Waals surface area (Å²) < 4.78 is 69.9. The van der Waals surface area contributed by atoms with Crippen molar-refractivity contribution in [3.05, 3.63) is 23.9 Å². The van der Waals surface area contributed by atoms with Crippen molar-refractivity contribution >= 4 is 17.8 Å². The van der Waals surface area contributed by atoms with Crippen LogP contribution in [0.4, 0.5) is 32.6 Å². The van der Waals surface area contributed by atoms with Crippen molar-refractivity contribution in [3.63, 3.8) is 0 Å². The van der Waals surface area contributed by atoms with Crippen molar-refractivity contribution < 1.29 is 36.3 Å². The van der Waals surface area contributed by atoms with Gasteiger partial charge >= 0.3 is 12.3 Å². The zero-order chi connectivity index (χ0) is 26.1. The Balaban J connectivity index is 2.02. The number of nitrogens with one attached hydrogen (secondary N) is 3. The minimum atomic E-state index is -4.52. The lowest BCUT2D eigenvalue weighted by molar-refractivity contribution is -0.146. The molecule has 1 aromatic heterocycles. The van der Waals surface area contributed by atoms with Crippen molar-refractivity contribution in [3.8, 4) is 0 Å². The van der Waals surface area contributed by atoms with Crippen molar-refractivity contribution in [2.45, 2.75) is 76.2 Å². The number of rotatable bonds is 11. The van der Waals surface area contributed by atoms with Crippen LogP contribution in [0.25, 0.3) is 0 Å². The summed E-state index contributed by atoms with van der Waals surface area (Å²) in [5.74, 6) is -3.88. The summed E-state index contributed by atoms with van der Waals surface area (Å²) in [6, 6.07) is -0.134. The molecule has 1 fully saturated rings. The number of hydrogen-bond acceptors (Lipinski definition) is 6. The SMILES string of the molecule is CCCCOC(=O)N[C@H](C(=O)Nc1cc(CNC[C@H](N)C(F)(F)F)ccn1)C1CCC(F)(F)CC1. The van der Waals surface area contributed by atoms with Gasteiger partial charge in [-0.25, -0.2) is 18.6 Å². The highest BCUT2D eigenvalue weighted by atomic mass is 19.4. The van der Waals surface area contributed by atoms with E-state index in [0.717, 1.165) is 6.42 Å². The van der Waals surface area contributed by atoms with Crippen molar-refractivity contribution in [1.82, 2.24) is 15.6 Å². The largest absolute Gasteiger partial charge is 0.450 e. The number of carbonyl (C=O) groups is 2. The Morgan fingerprint density at radius 2 is 1.97 bits per heavy atom. The highest BCUT2D eigenvalue weighted by Gasteiger charge is 2.40. The van der Waals surface area contributed by atoms with Crippen molar-refractivity contribution in [2.75, 3.05) is 18.5 Å². The number of unbranched alkanes of at least 4 members (excludes halogenated alkanes) is 1. The first-order valence-corrected chi connectivity index (χ1v) is 11.5. The number of hydrogen-bond donors (Lipinski definition) is 4. The van der Waals surface area contributed by atoms with E-state index in [9.17, 15) is 31.5 Å². The summed E-state index contributed by atoms with van der Waals surface area (Å²) in [5, 5.41) is 7.64. The average Bonchev–Trinajstić information content (AvgIpc) is 2.77. The Labute approximate surface area is 200 Å². The van der Waals surface area contributed by atoms with Gasteiger partial charge in [0.2, 0.25) is 11.8 Å². The quantitative estimate of drug-likeness (QED) is 0.267. The second-order valence-electron chi connectivity index (χ2n) is 8.62. The summed E-state index contributed by atoms with van der Waals surface area (Å²) in [6.07, 6.45) is -3.25. The Kier molecular flexibility index (Phi) is 10.6. The molecular formula is C22H32F5N5O3. The van der Waals surface area contributed by atoms with Gasteiger partial charge in [-0.2, -0.15) is 13.2 Å². The number of nitrogens with zero attached hydrogens (tertiary/aromatic N) is 1. The summed E-state index contributed by atoms with van der Waals surface area (Å²) in [6.45, 7) is 1.62. The summed E-state index contributed by atoms with van der Waals surface area (Å²) in [7, 11) is 0. The van der Waals surface area contributed by atoms with Gasteiger partial charge in [-0.3, -0.25) is 4.79 Å². The molecule has 1 aliphatic rings. The first kappa shape index (κ1) is 28.7. The Hall–Kier alpha value is -2.54. The molecule has 2 rings (SSSR count). The van der Waals surface area contributed by atoms with Crippen LogP contribution in [0.3, 0.4) is 0 Å². The van der Waals surface area contributed by atoms with Crippen LogP contribution in [0.2, 0.25) is 0 Å². The van der Waals surface area contributed by atoms with E-state index in [1.165, 1.54) is 12.3 Å². The number of nitrogens with two attached hydrogens (primary N) is 1. The minimum Gasteiger partial charge on any atom is -0.450 e. The molecule has 2 amide bonds. The predicted octanol–water partition coefficient (Wildman–Crippen LogP) is 3.72. The van der Waals surface area contributed by atoms with Crippen LogP contribution in [-0.4, -0.2) is 54.3 Å². The molecule has 1 aliphatic carbocycles. The maximum absolute atomic E-state index is 13.6. The van der Waals surface area contributed by atoms with Gasteiger partial charge in [-0.05, 0) is 42.9 Å². The average molecular weight is 510 g/mol. The van der Waals surface area contributed by atoms with E-state index in [1.807, 2.05) is 6.92 Å². The molecule has 0 spiro atoms. The summed E-state index contributed by atoms with van der Waals surface area (Å²) in [5.41, 5.74) is 5.59. The Bertz CT molecular complexity index is 830. The molecule has 5 N–H and O–H groups in total. The molecule has 8 nitrogen and oxygen atoms in total. The maximum Gasteiger partial charge on any atom is 0.407 e. The van der Waals surface area contributed by atoms with Crippen LogP contribution in [0.1, 0.15) is 51.0 Å². The zero-order valence-corrected chi connectivity index (χ0v) is 19.5. The fraction of sp³-hybridized carbons (Fsp3) is 0.682. The van der Waals surface area contributed by atoms with Crippen LogP contribution in [0.15, 0.2) is 18.3 Å². The van der Waals surface area contributed by atoms with Gasteiger partial charge < -0.3 is 26.4 Å². The summed E-state index contributed by atoms with van der Waals surface area (Å²) >= 11 is 0. The normalized spacial score (nSPS) is 17.9. The topological polar surface area (TPSA) is 118 Å². The molecule has 0 aliphatic heterocycles. The zero-order valence-electron chi connectivity index (χ0n) is 19.5. The number of aromatic nitrogens is 1. The van der Waals surface area contributed by atoms with E-state index in [0.29, 0.717) is 12.0 Å². The lowest BCUT2D eigenvalue weighted by Crippen LogP contribution is -2.50. The van der Waals surface area contributed by atoms with Crippen LogP contribution in [0, 0.1) is 5.92 Å². The molecule has 0 bridgehead atoms. The van der Waals surface area contributed by atoms with Gasteiger partial charge in [0.05, 0.1) is 6.61 Å². The number of halogens is 5. The van der Waals surface area contributed by atoms with Crippen LogP contribution < -0.4 is 21.7 Å². The van der Waals surface area contributed by atoms with E-state index < -0.39 is 61.5 Å². The van der Waals surface area contributed by atoms with Crippen LogP contribution in [-0.2, 0) is 16.1 Å². The monoisotopic (exact) mass is 509 g/mol. The lowest BCUT2D eigenvalue weighted by atomic mass is 9.81. The van der Waals surface area contributed by atoms with E-state index in [-0.39, 0.29) is 31.8 Å². The highest BCUT2D eigenvalue weighted by molar-refractivity contribution is 5.96. The third kappa shape index (κ3) is 9.92.